The third kappa shape index (κ3) is 4.02. The fraction of sp³-hybridized carbons (Fsp3) is 0.368. The van der Waals surface area contributed by atoms with Crippen LogP contribution in [0.4, 0.5) is 0 Å². The second kappa shape index (κ2) is 7.88. The number of ether oxygens (including phenoxy) is 3. The van der Waals surface area contributed by atoms with Gasteiger partial charge in [0.05, 0.1) is 26.0 Å². The van der Waals surface area contributed by atoms with Crippen LogP contribution in [0.2, 0.25) is 0 Å². The first-order valence-corrected chi connectivity index (χ1v) is 8.29. The van der Waals surface area contributed by atoms with Crippen molar-refractivity contribution >= 4 is 5.91 Å². The van der Waals surface area contributed by atoms with Gasteiger partial charge in [-0.25, -0.2) is 0 Å². The van der Waals surface area contributed by atoms with E-state index >= 15 is 0 Å². The number of amides is 1. The number of hydrogen-bond acceptors (Lipinski definition) is 5. The number of carbonyl (C=O) groups is 1. The number of rotatable bonds is 5. The minimum Gasteiger partial charge on any atom is -0.497 e. The monoisotopic (exact) mass is 342 g/mol. The number of aromatic nitrogens is 1. The van der Waals surface area contributed by atoms with Crippen molar-refractivity contribution in [3.63, 3.8) is 0 Å². The van der Waals surface area contributed by atoms with Crippen LogP contribution in [0.3, 0.4) is 0 Å². The molecule has 1 aromatic heterocycles. The van der Waals surface area contributed by atoms with Crippen LogP contribution >= 0.6 is 0 Å². The van der Waals surface area contributed by atoms with Crippen LogP contribution < -0.4 is 14.2 Å². The zero-order chi connectivity index (χ0) is 17.6. The summed E-state index contributed by atoms with van der Waals surface area (Å²) in [6.45, 7) is 1.30. The van der Waals surface area contributed by atoms with Gasteiger partial charge >= 0.3 is 0 Å². The number of hydrogen-bond donors (Lipinski definition) is 0. The van der Waals surface area contributed by atoms with Crippen molar-refractivity contribution in [1.29, 1.82) is 0 Å². The maximum Gasteiger partial charge on any atom is 0.257 e. The molecule has 6 nitrogen and oxygen atoms in total. The summed E-state index contributed by atoms with van der Waals surface area (Å²) in [5.41, 5.74) is 0.551. The molecular formula is C19H22N2O4. The Kier molecular flexibility index (Phi) is 5.38. The van der Waals surface area contributed by atoms with Gasteiger partial charge in [0.2, 0.25) is 0 Å². The Hall–Kier alpha value is -2.76. The molecule has 25 heavy (non-hydrogen) atoms. The number of carbonyl (C=O) groups excluding carboxylic acids is 1. The van der Waals surface area contributed by atoms with Crippen LogP contribution in [0, 0.1) is 0 Å². The highest BCUT2D eigenvalue weighted by Crippen LogP contribution is 2.27. The van der Waals surface area contributed by atoms with Crippen LogP contribution in [0.25, 0.3) is 0 Å². The topological polar surface area (TPSA) is 60.9 Å². The summed E-state index contributed by atoms with van der Waals surface area (Å²) in [5, 5.41) is 0. The zero-order valence-electron chi connectivity index (χ0n) is 14.5. The molecule has 0 radical (unpaired) electrons. The van der Waals surface area contributed by atoms with E-state index in [0.29, 0.717) is 30.2 Å². The molecule has 1 saturated heterocycles. The Labute approximate surface area is 147 Å². The van der Waals surface area contributed by atoms with Crippen LogP contribution in [0.15, 0.2) is 42.7 Å². The molecule has 0 N–H and O–H groups in total. The Balaban J connectivity index is 1.62. The molecule has 2 aromatic rings. The van der Waals surface area contributed by atoms with E-state index in [1.807, 2.05) is 17.0 Å². The number of piperidine rings is 1. The van der Waals surface area contributed by atoms with Crippen molar-refractivity contribution in [2.45, 2.75) is 18.9 Å². The average molecular weight is 342 g/mol. The summed E-state index contributed by atoms with van der Waals surface area (Å²) in [5.74, 6) is 1.93. The summed E-state index contributed by atoms with van der Waals surface area (Å²) < 4.78 is 16.4. The molecule has 132 valence electrons. The summed E-state index contributed by atoms with van der Waals surface area (Å²) in [6.07, 6.45) is 5.11. The molecule has 2 heterocycles. The first-order chi connectivity index (χ1) is 12.2. The lowest BCUT2D eigenvalue weighted by molar-refractivity contribution is 0.0592. The standard InChI is InChI=1S/C19H22N2O4/c1-23-15-5-6-17(18(12-15)24-2)19(22)21-10-7-14(8-11-21)25-16-4-3-9-20-13-16/h3-6,9,12-14H,7-8,10-11H2,1-2H3. The number of pyridine rings is 1. The van der Waals surface area contributed by atoms with Crippen LogP contribution in [-0.4, -0.2) is 49.2 Å². The summed E-state index contributed by atoms with van der Waals surface area (Å²) in [7, 11) is 3.14. The smallest absolute Gasteiger partial charge is 0.257 e. The third-order valence-electron chi connectivity index (χ3n) is 4.31. The third-order valence-corrected chi connectivity index (χ3v) is 4.31. The number of benzene rings is 1. The van der Waals surface area contributed by atoms with Crippen molar-refractivity contribution in [3.8, 4) is 17.2 Å². The van der Waals surface area contributed by atoms with E-state index in [4.69, 9.17) is 14.2 Å². The largest absolute Gasteiger partial charge is 0.497 e. The Morgan fingerprint density at radius 3 is 2.56 bits per heavy atom. The van der Waals surface area contributed by atoms with E-state index in [-0.39, 0.29) is 12.0 Å². The van der Waals surface area contributed by atoms with Crippen LogP contribution in [0.5, 0.6) is 17.2 Å². The molecule has 3 rings (SSSR count). The van der Waals surface area contributed by atoms with Crippen molar-refractivity contribution in [2.24, 2.45) is 0 Å². The highest BCUT2D eigenvalue weighted by molar-refractivity contribution is 5.97. The molecule has 1 amide bonds. The molecule has 1 aliphatic rings. The quantitative estimate of drug-likeness (QED) is 0.836. The minimum atomic E-state index is -0.0284. The molecule has 1 aliphatic heterocycles. The van der Waals surface area contributed by atoms with Gasteiger partial charge in [-0.05, 0) is 24.3 Å². The lowest BCUT2D eigenvalue weighted by Gasteiger charge is -2.32. The van der Waals surface area contributed by atoms with E-state index < -0.39 is 0 Å². The molecule has 6 heteroatoms. The maximum absolute atomic E-state index is 12.8. The zero-order valence-corrected chi connectivity index (χ0v) is 14.5. The number of likely N-dealkylation sites (tertiary alicyclic amines) is 1. The molecule has 0 aliphatic carbocycles. The summed E-state index contributed by atoms with van der Waals surface area (Å²) in [4.78, 5) is 18.7. The second-order valence-corrected chi connectivity index (χ2v) is 5.86. The molecule has 0 atom stereocenters. The van der Waals surface area contributed by atoms with E-state index in [9.17, 15) is 4.79 Å². The van der Waals surface area contributed by atoms with E-state index in [1.165, 1.54) is 0 Å². The van der Waals surface area contributed by atoms with Gasteiger partial charge in [0.15, 0.2) is 0 Å². The van der Waals surface area contributed by atoms with Gasteiger partial charge in [-0.2, -0.15) is 0 Å². The normalized spacial score (nSPS) is 14.9. The Morgan fingerprint density at radius 2 is 1.92 bits per heavy atom. The molecule has 0 bridgehead atoms. The van der Waals surface area contributed by atoms with Gasteiger partial charge < -0.3 is 19.1 Å². The van der Waals surface area contributed by atoms with E-state index in [0.717, 1.165) is 18.6 Å². The van der Waals surface area contributed by atoms with Gasteiger partial charge in [0.25, 0.3) is 5.91 Å². The Bertz CT molecular complexity index is 713. The van der Waals surface area contributed by atoms with E-state index in [1.54, 1.807) is 44.8 Å². The predicted molar refractivity (Wildman–Crippen MR) is 93.3 cm³/mol. The molecular weight excluding hydrogens is 320 g/mol. The highest BCUT2D eigenvalue weighted by atomic mass is 16.5. The van der Waals surface area contributed by atoms with Gasteiger partial charge in [0, 0.05) is 38.2 Å². The van der Waals surface area contributed by atoms with Crippen molar-refractivity contribution in [2.75, 3.05) is 27.3 Å². The van der Waals surface area contributed by atoms with Gasteiger partial charge in [-0.3, -0.25) is 9.78 Å². The first-order valence-electron chi connectivity index (χ1n) is 8.29. The highest BCUT2D eigenvalue weighted by Gasteiger charge is 2.26. The van der Waals surface area contributed by atoms with Gasteiger partial charge in [-0.1, -0.05) is 0 Å². The van der Waals surface area contributed by atoms with Gasteiger partial charge in [-0.15, -0.1) is 0 Å². The second-order valence-electron chi connectivity index (χ2n) is 5.86. The Morgan fingerprint density at radius 1 is 1.12 bits per heavy atom. The van der Waals surface area contributed by atoms with Crippen LogP contribution in [0.1, 0.15) is 23.2 Å². The fourth-order valence-corrected chi connectivity index (χ4v) is 2.93. The fourth-order valence-electron chi connectivity index (χ4n) is 2.93. The number of nitrogens with zero attached hydrogens (tertiary/aromatic N) is 2. The SMILES string of the molecule is COc1ccc(C(=O)N2CCC(Oc3cccnc3)CC2)c(OC)c1. The molecule has 1 fully saturated rings. The van der Waals surface area contributed by atoms with E-state index in [2.05, 4.69) is 4.98 Å². The van der Waals surface area contributed by atoms with Crippen LogP contribution in [-0.2, 0) is 0 Å². The lowest BCUT2D eigenvalue weighted by atomic mass is 10.1. The summed E-state index contributed by atoms with van der Waals surface area (Å²) in [6, 6.07) is 8.99. The number of methoxy groups -OCH3 is 2. The lowest BCUT2D eigenvalue weighted by Crippen LogP contribution is -2.41. The summed E-state index contributed by atoms with van der Waals surface area (Å²) >= 11 is 0. The molecule has 0 unspecified atom stereocenters. The molecule has 0 saturated carbocycles. The minimum absolute atomic E-state index is 0.0284. The van der Waals surface area contributed by atoms with Gasteiger partial charge in [0.1, 0.15) is 23.4 Å². The van der Waals surface area contributed by atoms with Crippen molar-refractivity contribution in [3.05, 3.63) is 48.3 Å². The van der Waals surface area contributed by atoms with Crippen molar-refractivity contribution in [1.82, 2.24) is 9.88 Å². The van der Waals surface area contributed by atoms with Crippen molar-refractivity contribution < 1.29 is 19.0 Å². The average Bonchev–Trinajstić information content (AvgIpc) is 2.68. The predicted octanol–water partition coefficient (Wildman–Crippen LogP) is 2.78. The maximum atomic E-state index is 12.8. The molecule has 1 aromatic carbocycles. The molecule has 0 spiro atoms. The first kappa shape index (κ1) is 17.1.